The van der Waals surface area contributed by atoms with Gasteiger partial charge in [0.1, 0.15) is 5.78 Å². The van der Waals surface area contributed by atoms with E-state index in [9.17, 15) is 19.2 Å². The van der Waals surface area contributed by atoms with E-state index in [-0.39, 0.29) is 42.8 Å². The molecule has 0 saturated carbocycles. The third kappa shape index (κ3) is 24.7. The van der Waals surface area contributed by atoms with Crippen LogP contribution in [0.3, 0.4) is 0 Å². The highest BCUT2D eigenvalue weighted by Gasteiger charge is 2.36. The van der Waals surface area contributed by atoms with E-state index in [1.807, 2.05) is 27.8 Å². The van der Waals surface area contributed by atoms with Crippen molar-refractivity contribution in [3.05, 3.63) is 0 Å². The molecule has 0 fully saturated rings. The minimum absolute atomic E-state index is 0.0162. The fourth-order valence-electron chi connectivity index (χ4n) is 5.51. The maximum absolute atomic E-state index is 13.7. The SMILES string of the molecule is CCCCNC(=O)C(CC(=O)NCCN(C)CCN(C)CCN(C)C)CC(C)(C)C(=O)CC(CC)C(=O)NCCN(C)CCN(C)CCN(C)C. The highest BCUT2D eigenvalue weighted by molar-refractivity contribution is 5.91. The molecule has 0 aliphatic carbocycles. The van der Waals surface area contributed by atoms with Crippen molar-refractivity contribution in [1.82, 2.24) is 45.3 Å². The first-order valence-corrected chi connectivity index (χ1v) is 19.3. The van der Waals surface area contributed by atoms with Gasteiger partial charge in [0.05, 0.1) is 0 Å². The summed E-state index contributed by atoms with van der Waals surface area (Å²) in [6, 6.07) is 0. The molecule has 13 nitrogen and oxygen atoms in total. The number of rotatable bonds is 31. The predicted octanol–water partition coefficient (Wildman–Crippen LogP) is 1.39. The lowest BCUT2D eigenvalue weighted by Crippen LogP contribution is -2.42. The first kappa shape index (κ1) is 48.8. The van der Waals surface area contributed by atoms with Crippen molar-refractivity contribution in [3.8, 4) is 0 Å². The maximum Gasteiger partial charge on any atom is 0.223 e. The summed E-state index contributed by atoms with van der Waals surface area (Å²) in [6.45, 7) is 18.3. The zero-order chi connectivity index (χ0) is 39.0. The Balaban J connectivity index is 5.06. The number of amides is 3. The molecule has 0 aromatic carbocycles. The van der Waals surface area contributed by atoms with Gasteiger partial charge in [-0.3, -0.25) is 19.2 Å². The van der Waals surface area contributed by atoms with Crippen LogP contribution < -0.4 is 16.0 Å². The number of carbonyl (C=O) groups excluding carboxylic acids is 4. The third-order valence-corrected chi connectivity index (χ3v) is 9.63. The lowest BCUT2D eigenvalue weighted by Gasteiger charge is -2.29. The fourth-order valence-corrected chi connectivity index (χ4v) is 5.51. The van der Waals surface area contributed by atoms with Gasteiger partial charge in [-0.15, -0.1) is 0 Å². The molecule has 0 aliphatic rings. The summed E-state index contributed by atoms with van der Waals surface area (Å²) in [4.78, 5) is 66.5. The smallest absolute Gasteiger partial charge is 0.223 e. The summed E-state index contributed by atoms with van der Waals surface area (Å²) in [5, 5.41) is 9.00. The van der Waals surface area contributed by atoms with Crippen molar-refractivity contribution in [1.29, 1.82) is 0 Å². The Bertz CT molecular complexity index is 979. The molecule has 300 valence electrons. The molecule has 0 saturated heterocycles. The van der Waals surface area contributed by atoms with Gasteiger partial charge in [0, 0.05) is 115 Å². The molecule has 13 heteroatoms. The number of nitrogens with one attached hydrogen (secondary N) is 3. The van der Waals surface area contributed by atoms with Gasteiger partial charge in [-0.25, -0.2) is 0 Å². The Morgan fingerprint density at radius 2 is 0.941 bits per heavy atom. The first-order valence-electron chi connectivity index (χ1n) is 19.3. The van der Waals surface area contributed by atoms with Crippen LogP contribution in [0.4, 0.5) is 0 Å². The monoisotopic (exact) mass is 726 g/mol. The molecule has 0 heterocycles. The van der Waals surface area contributed by atoms with Crippen LogP contribution in [0.25, 0.3) is 0 Å². The van der Waals surface area contributed by atoms with Crippen molar-refractivity contribution in [3.63, 3.8) is 0 Å². The van der Waals surface area contributed by atoms with Crippen LogP contribution in [-0.2, 0) is 19.2 Å². The molecule has 0 aromatic rings. The topological polar surface area (TPSA) is 124 Å². The van der Waals surface area contributed by atoms with Crippen LogP contribution in [0.5, 0.6) is 0 Å². The Kier molecular flexibility index (Phi) is 26.3. The number of hydrogen-bond donors (Lipinski definition) is 3. The molecule has 0 aromatic heterocycles. The molecule has 0 radical (unpaired) electrons. The Morgan fingerprint density at radius 1 is 0.529 bits per heavy atom. The quantitative estimate of drug-likeness (QED) is 0.0905. The van der Waals surface area contributed by atoms with E-state index >= 15 is 0 Å². The van der Waals surface area contributed by atoms with Crippen molar-refractivity contribution in [2.45, 2.75) is 66.2 Å². The minimum Gasteiger partial charge on any atom is -0.356 e. The average molecular weight is 726 g/mol. The van der Waals surface area contributed by atoms with Crippen molar-refractivity contribution < 1.29 is 19.2 Å². The lowest BCUT2D eigenvalue weighted by atomic mass is 9.75. The van der Waals surface area contributed by atoms with Gasteiger partial charge in [-0.05, 0) is 75.6 Å². The number of ketones is 1. The molecule has 0 spiro atoms. The lowest BCUT2D eigenvalue weighted by molar-refractivity contribution is -0.136. The number of hydrogen-bond acceptors (Lipinski definition) is 10. The molecule has 0 bridgehead atoms. The highest BCUT2D eigenvalue weighted by atomic mass is 16.2. The van der Waals surface area contributed by atoms with E-state index in [0.29, 0.717) is 32.6 Å². The van der Waals surface area contributed by atoms with E-state index in [1.165, 1.54) is 0 Å². The maximum atomic E-state index is 13.7. The van der Waals surface area contributed by atoms with Gasteiger partial charge >= 0.3 is 0 Å². The summed E-state index contributed by atoms with van der Waals surface area (Å²) >= 11 is 0. The highest BCUT2D eigenvalue weighted by Crippen LogP contribution is 2.31. The third-order valence-electron chi connectivity index (χ3n) is 9.63. The van der Waals surface area contributed by atoms with E-state index in [0.717, 1.165) is 71.7 Å². The molecule has 3 amide bonds. The second kappa shape index (κ2) is 27.4. The first-order chi connectivity index (χ1) is 23.9. The van der Waals surface area contributed by atoms with Crippen LogP contribution in [0.15, 0.2) is 0 Å². The Labute approximate surface area is 312 Å². The second-order valence-electron chi connectivity index (χ2n) is 15.8. The molecule has 51 heavy (non-hydrogen) atoms. The summed E-state index contributed by atoms with van der Waals surface area (Å²) in [5.41, 5.74) is -0.877. The van der Waals surface area contributed by atoms with Crippen molar-refractivity contribution in [2.24, 2.45) is 17.3 Å². The average Bonchev–Trinajstić information content (AvgIpc) is 3.06. The van der Waals surface area contributed by atoms with Gasteiger partial charge in [0.25, 0.3) is 0 Å². The summed E-state index contributed by atoms with van der Waals surface area (Å²) < 4.78 is 0. The van der Waals surface area contributed by atoms with Gasteiger partial charge < -0.3 is 45.3 Å². The molecular formula is C38H79N9O4. The second-order valence-corrected chi connectivity index (χ2v) is 15.8. The van der Waals surface area contributed by atoms with Crippen LogP contribution in [0.1, 0.15) is 66.2 Å². The van der Waals surface area contributed by atoms with Gasteiger partial charge in [-0.2, -0.15) is 0 Å². The van der Waals surface area contributed by atoms with Crippen molar-refractivity contribution >= 4 is 23.5 Å². The summed E-state index contributed by atoms with van der Waals surface area (Å²) in [6.07, 6.45) is 2.70. The minimum atomic E-state index is -0.877. The Hall–Kier alpha value is -2.16. The number of carbonyl (C=O) groups is 4. The zero-order valence-corrected chi connectivity index (χ0v) is 34.9. The zero-order valence-electron chi connectivity index (χ0n) is 34.9. The van der Waals surface area contributed by atoms with Crippen LogP contribution in [0, 0.1) is 17.3 Å². The van der Waals surface area contributed by atoms with E-state index in [4.69, 9.17) is 0 Å². The number of nitrogens with zero attached hydrogens (tertiary/aromatic N) is 6. The van der Waals surface area contributed by atoms with Crippen molar-refractivity contribution in [2.75, 3.05) is 141 Å². The van der Waals surface area contributed by atoms with Crippen LogP contribution in [0.2, 0.25) is 0 Å². The molecule has 0 rings (SSSR count). The standard InChI is InChI=1S/C38H79N9O4/c1-13-15-16-40-37(51)33(30-35(49)39-17-19-44(9)25-27-46(11)23-21-42(5)6)31-38(3,4)34(48)29-32(14-2)36(50)41-18-20-45(10)26-28-47(12)24-22-43(7)8/h32-33H,13-31H2,1-12H3,(H,39,49)(H,40,51)(H,41,50). The Morgan fingerprint density at radius 3 is 1.39 bits per heavy atom. The normalized spacial score (nSPS) is 13.5. The molecule has 0 aliphatic heterocycles. The molecule has 2 atom stereocenters. The summed E-state index contributed by atoms with van der Waals surface area (Å²) in [7, 11) is 16.6. The van der Waals surface area contributed by atoms with Crippen LogP contribution in [-0.4, -0.2) is 194 Å². The van der Waals surface area contributed by atoms with E-state index < -0.39 is 17.3 Å². The van der Waals surface area contributed by atoms with E-state index in [1.54, 1.807) is 0 Å². The van der Waals surface area contributed by atoms with Gasteiger partial charge in [0.2, 0.25) is 17.7 Å². The fraction of sp³-hybridized carbons (Fsp3) is 0.895. The number of Topliss-reactive ketones (excluding diaryl/α,β-unsaturated/α-hetero) is 1. The largest absolute Gasteiger partial charge is 0.356 e. The van der Waals surface area contributed by atoms with E-state index in [2.05, 4.69) is 102 Å². The van der Waals surface area contributed by atoms with Crippen LogP contribution >= 0.6 is 0 Å². The molecular weight excluding hydrogens is 646 g/mol. The van der Waals surface area contributed by atoms with Gasteiger partial charge in [-0.1, -0.05) is 34.1 Å². The number of unbranched alkanes of at least 4 members (excludes halogenated alkanes) is 1. The predicted molar refractivity (Wildman–Crippen MR) is 211 cm³/mol. The molecule has 3 N–H and O–H groups in total. The molecule has 2 unspecified atom stereocenters. The number of likely N-dealkylation sites (N-methyl/N-ethyl adjacent to an activating group) is 6. The van der Waals surface area contributed by atoms with Gasteiger partial charge in [0.15, 0.2) is 0 Å². The summed E-state index contributed by atoms with van der Waals surface area (Å²) in [5.74, 6) is -1.65.